The van der Waals surface area contributed by atoms with Crippen LogP contribution in [0.15, 0.2) is 0 Å². The first-order valence-corrected chi connectivity index (χ1v) is 4.81. The van der Waals surface area contributed by atoms with Gasteiger partial charge in [-0.1, -0.05) is 0 Å². The first-order chi connectivity index (χ1) is 10.5. The third kappa shape index (κ3) is 2.12. The summed E-state index contributed by atoms with van der Waals surface area (Å²) in [5.41, 5.74) is -1.67. The van der Waals surface area contributed by atoms with E-state index in [-0.39, 0.29) is 25.0 Å². The minimum Gasteiger partial charge on any atom is -0.590 e. The summed E-state index contributed by atoms with van der Waals surface area (Å²) in [4.78, 5) is 17.6. The van der Waals surface area contributed by atoms with Crippen LogP contribution in [-0.2, 0) is 4.57 Å². The molecule has 0 aliphatic carbocycles. The Kier molecular flexibility index (Phi) is 2.39. The zero-order valence-corrected chi connectivity index (χ0v) is 9.91. The first-order valence-electron chi connectivity index (χ1n) is 5.79. The molecule has 0 amide bonds. The fraction of sp³-hybridized carbons (Fsp3) is 0. The first kappa shape index (κ1) is 9.79. The number of nitrogens with zero attached hydrogens (tertiary/aromatic N) is 9. The van der Waals surface area contributed by atoms with Crippen LogP contribution in [0.1, 0.15) is 0 Å². The van der Waals surface area contributed by atoms with E-state index in [1.807, 2.05) is 0 Å². The van der Waals surface area contributed by atoms with Gasteiger partial charge < -0.3 is 20.2 Å². The Labute approximate surface area is 111 Å². The second-order valence-electron chi connectivity index (χ2n) is 3.00. The van der Waals surface area contributed by atoms with Gasteiger partial charge in [-0.25, -0.2) is 0 Å². The highest BCUT2D eigenvalue weighted by atomic mass is 31.0. The predicted molar refractivity (Wildman–Crippen MR) is 56.8 cm³/mol. The Morgan fingerprint density at radius 3 is 2.60 bits per heavy atom. The van der Waals surface area contributed by atoms with Gasteiger partial charge in [-0.3, -0.25) is 0 Å². The molecule has 0 saturated heterocycles. The van der Waals surface area contributed by atoms with Crippen molar-refractivity contribution in [2.45, 2.75) is 0 Å². The molecule has 0 aliphatic heterocycles. The highest BCUT2D eigenvalue weighted by Gasteiger charge is 2.25. The Balaban J connectivity index is 0.000000338. The fourth-order valence-corrected chi connectivity index (χ4v) is 1.25. The van der Waals surface area contributed by atoms with E-state index >= 15 is 0 Å². The van der Waals surface area contributed by atoms with E-state index < -0.39 is 25.9 Å². The molecule has 1 N–H and O–H groups in total. The van der Waals surface area contributed by atoms with Crippen molar-refractivity contribution >= 4 is 31.5 Å². The molecular formula is C4H4N10O5P+. The molecule has 3 heterocycles. The van der Waals surface area contributed by atoms with Crippen molar-refractivity contribution in [2.24, 2.45) is 0 Å². The van der Waals surface area contributed by atoms with E-state index in [1.54, 1.807) is 5.21 Å². The molecule has 0 aliphatic rings. The molecule has 0 aromatic carbocycles. The molecular weight excluding hydrogens is 299 g/mol. The van der Waals surface area contributed by atoms with E-state index in [9.17, 15) is 25.1 Å². The van der Waals surface area contributed by atoms with Gasteiger partial charge in [0.2, 0.25) is 0 Å². The summed E-state index contributed by atoms with van der Waals surface area (Å²) in [6.07, 6.45) is 0. The van der Waals surface area contributed by atoms with Crippen molar-refractivity contribution < 1.29 is 23.9 Å². The Morgan fingerprint density at radius 1 is 1.25 bits per heavy atom. The summed E-state index contributed by atoms with van der Waals surface area (Å²) in [5, 5.41) is 44.4. The van der Waals surface area contributed by atoms with Crippen LogP contribution in [-0.4, -0.2) is 34.4 Å². The van der Waals surface area contributed by atoms with Gasteiger partial charge in [0, 0.05) is 9.69 Å². The molecule has 0 fully saturated rings. The lowest BCUT2D eigenvalue weighted by molar-refractivity contribution is -0.864. The van der Waals surface area contributed by atoms with Crippen LogP contribution in [0.3, 0.4) is 0 Å². The van der Waals surface area contributed by atoms with Gasteiger partial charge in [0.1, 0.15) is 15.3 Å². The standard InChI is InChI=1S/C4HN10O4.H3OP/c15-11-3-1(7-13(17)9-11)5-2-4(6-3)12(16)10-14(18)8-2;1-2/h(H,5,7,8,9,10,17);2H3/q+1;/i;2T2D. The minimum absolute atomic E-state index is 0.0416. The van der Waals surface area contributed by atoms with Crippen LogP contribution in [0.5, 0.6) is 0 Å². The van der Waals surface area contributed by atoms with Gasteiger partial charge in [-0.15, -0.1) is 4.98 Å². The number of nitrogens with one attached hydrogen (secondary N) is 1. The number of hydrogen-bond acceptors (Lipinski definition) is 10. The zero-order valence-electron chi connectivity index (χ0n) is 12.0. The molecule has 15 nitrogen and oxygen atoms in total. The average molecular weight is 308 g/mol. The maximum Gasteiger partial charge on any atom is 0.403 e. The topological polar surface area (TPSA) is 201 Å². The summed E-state index contributed by atoms with van der Waals surface area (Å²) in [6.45, 7) is 0. The van der Waals surface area contributed by atoms with Gasteiger partial charge >= 0.3 is 32.5 Å². The number of aromatic amines is 1. The third-order valence-electron chi connectivity index (χ3n) is 1.90. The molecule has 3 rings (SSSR count). The number of hydrogen-bond donors (Lipinski definition) is 1. The van der Waals surface area contributed by atoms with Crippen molar-refractivity contribution in [3.63, 3.8) is 0 Å². The summed E-state index contributed by atoms with van der Waals surface area (Å²) in [6, 6.07) is 0. The smallest absolute Gasteiger partial charge is 0.403 e. The maximum atomic E-state index is 11.3. The minimum atomic E-state index is -3.89. The van der Waals surface area contributed by atoms with Crippen LogP contribution in [0.25, 0.3) is 22.6 Å². The van der Waals surface area contributed by atoms with Crippen LogP contribution in [0, 0.1) is 20.5 Å². The number of H-pyrrole nitrogens is 1. The van der Waals surface area contributed by atoms with E-state index in [2.05, 4.69) is 25.4 Å². The van der Waals surface area contributed by atoms with E-state index in [0.717, 1.165) is 0 Å². The van der Waals surface area contributed by atoms with E-state index in [1.165, 1.54) is 0 Å². The normalized spacial score (nSPS) is 13.1. The summed E-state index contributed by atoms with van der Waals surface area (Å²) in [7, 11) is -3.89. The molecule has 0 spiro atoms. The van der Waals surface area contributed by atoms with Gasteiger partial charge in [-0.05, 0) is 0 Å². The van der Waals surface area contributed by atoms with Gasteiger partial charge in [-0.2, -0.15) is 4.98 Å². The lowest BCUT2D eigenvalue weighted by Gasteiger charge is -1.94. The van der Waals surface area contributed by atoms with Crippen LogP contribution >= 0.6 is 8.95 Å². The Hall–Kier alpha value is -3.09. The molecule has 0 saturated carbocycles. The lowest BCUT2D eigenvalue weighted by atomic mass is 10.6. The maximum absolute atomic E-state index is 11.3. The summed E-state index contributed by atoms with van der Waals surface area (Å²) in [5.74, 6) is 0. The molecule has 0 bridgehead atoms. The average Bonchev–Trinajstić information content (AvgIpc) is 2.34. The monoisotopic (exact) mass is 308 g/mol. The highest BCUT2D eigenvalue weighted by Crippen LogP contribution is 2.01. The van der Waals surface area contributed by atoms with Gasteiger partial charge in [0.25, 0.3) is 0 Å². The van der Waals surface area contributed by atoms with Crippen molar-refractivity contribution in [1.82, 2.24) is 30.6 Å². The second-order valence-corrected chi connectivity index (χ2v) is 3.00. The number of rotatable bonds is 0. The van der Waals surface area contributed by atoms with Crippen LogP contribution in [0.2, 0.25) is 0 Å². The van der Waals surface area contributed by atoms with Crippen molar-refractivity contribution in [3.8, 4) is 0 Å². The largest absolute Gasteiger partial charge is 0.590 e. The van der Waals surface area contributed by atoms with Crippen molar-refractivity contribution in [3.05, 3.63) is 20.5 Å². The molecule has 3 aromatic rings. The van der Waals surface area contributed by atoms with Crippen molar-refractivity contribution in [2.75, 3.05) is 0 Å². The quantitative estimate of drug-likeness (QED) is 0.181. The van der Waals surface area contributed by atoms with Crippen molar-refractivity contribution in [1.29, 1.82) is 3.84 Å². The van der Waals surface area contributed by atoms with Crippen LogP contribution < -0.4 is 19.3 Å². The van der Waals surface area contributed by atoms with Gasteiger partial charge in [0.15, 0.2) is 0 Å². The SMILES string of the molecule is O=[n+]1nc2nc3n[n+]([O-])n[n+]([O-])c3nc2[n+]([O-])[nH]1.[2H]P([3H])([3H])=O. The molecule has 16 heteroatoms. The summed E-state index contributed by atoms with van der Waals surface area (Å²) < 4.78 is 26.5. The van der Waals surface area contributed by atoms with Gasteiger partial charge in [0.05, 0.1) is 22.8 Å². The molecule has 0 atom stereocenters. The Morgan fingerprint density at radius 2 is 1.90 bits per heavy atom. The summed E-state index contributed by atoms with van der Waals surface area (Å²) >= 11 is 0. The predicted octanol–water partition coefficient (Wildman–Crippen LogP) is -4.95. The Bertz CT molecular complexity index is 997. The third-order valence-corrected chi connectivity index (χ3v) is 1.90. The highest BCUT2D eigenvalue weighted by molar-refractivity contribution is 7.00. The van der Waals surface area contributed by atoms with E-state index in [4.69, 9.17) is 3.84 Å². The molecule has 0 radical (unpaired) electrons. The van der Waals surface area contributed by atoms with Crippen LogP contribution in [0.4, 0.5) is 0 Å². The second kappa shape index (κ2) is 4.88. The lowest BCUT2D eigenvalue weighted by Crippen LogP contribution is -2.51. The number of fused-ring (bicyclic) bond motifs is 2. The molecule has 20 heavy (non-hydrogen) atoms. The molecule has 104 valence electrons. The molecule has 0 unspecified atom stereocenters. The molecule has 3 aromatic heterocycles. The number of aromatic nitrogens is 10. The zero-order chi connectivity index (χ0) is 17.4. The van der Waals surface area contributed by atoms with E-state index in [0.29, 0.717) is 0 Å². The fourth-order valence-electron chi connectivity index (χ4n) is 1.25.